The van der Waals surface area contributed by atoms with Crippen LogP contribution in [0.5, 0.6) is 0 Å². The highest BCUT2D eigenvalue weighted by Crippen LogP contribution is 2.23. The maximum absolute atomic E-state index is 12.3. The largest absolute Gasteiger partial charge is 0.355 e. The first kappa shape index (κ1) is 14.8. The molecule has 2 heterocycles. The topological polar surface area (TPSA) is 90.5 Å². The summed E-state index contributed by atoms with van der Waals surface area (Å²) >= 11 is 0. The third-order valence-corrected chi connectivity index (χ3v) is 3.75. The second-order valence-corrected chi connectivity index (χ2v) is 5.86. The first-order chi connectivity index (χ1) is 9.44. The Kier molecular flexibility index (Phi) is 4.27. The summed E-state index contributed by atoms with van der Waals surface area (Å²) in [6, 6.07) is -0.474. The molecule has 0 aromatic rings. The maximum atomic E-state index is 12.3. The smallest absolute Gasteiger partial charge is 0.325 e. The summed E-state index contributed by atoms with van der Waals surface area (Å²) in [4.78, 5) is 36.9. The van der Waals surface area contributed by atoms with Crippen LogP contribution < -0.4 is 16.0 Å². The minimum atomic E-state index is -0.838. The third-order valence-electron chi connectivity index (χ3n) is 3.75. The van der Waals surface area contributed by atoms with Gasteiger partial charge in [-0.15, -0.1) is 0 Å². The maximum Gasteiger partial charge on any atom is 0.325 e. The summed E-state index contributed by atoms with van der Waals surface area (Å²) in [6.07, 6.45) is 1.45. The Morgan fingerprint density at radius 1 is 1.45 bits per heavy atom. The number of rotatable bonds is 5. The predicted molar refractivity (Wildman–Crippen MR) is 72.9 cm³/mol. The highest BCUT2D eigenvalue weighted by molar-refractivity contribution is 6.09. The van der Waals surface area contributed by atoms with E-state index in [1.165, 1.54) is 0 Å². The molecule has 1 atom stereocenters. The van der Waals surface area contributed by atoms with E-state index < -0.39 is 11.6 Å². The van der Waals surface area contributed by atoms with Crippen molar-refractivity contribution in [2.75, 3.05) is 26.2 Å². The molecule has 112 valence electrons. The van der Waals surface area contributed by atoms with Crippen molar-refractivity contribution in [1.29, 1.82) is 0 Å². The number of hydrogen-bond acceptors (Lipinski definition) is 4. The van der Waals surface area contributed by atoms with Crippen LogP contribution >= 0.6 is 0 Å². The first-order valence-electron chi connectivity index (χ1n) is 7.06. The molecular weight excluding hydrogens is 260 g/mol. The zero-order chi connectivity index (χ0) is 14.8. The number of nitrogens with zero attached hydrogens (tertiary/aromatic N) is 1. The van der Waals surface area contributed by atoms with Crippen LogP contribution in [0.3, 0.4) is 0 Å². The van der Waals surface area contributed by atoms with Crippen LogP contribution in [0.2, 0.25) is 0 Å². The van der Waals surface area contributed by atoms with E-state index in [1.54, 1.807) is 0 Å². The van der Waals surface area contributed by atoms with Crippen LogP contribution in [0.1, 0.15) is 26.7 Å². The number of nitrogens with one attached hydrogen (secondary N) is 3. The summed E-state index contributed by atoms with van der Waals surface area (Å²) in [6.45, 7) is 5.63. The lowest BCUT2D eigenvalue weighted by Crippen LogP contribution is -2.49. The van der Waals surface area contributed by atoms with Crippen molar-refractivity contribution in [2.45, 2.75) is 32.2 Å². The quantitative estimate of drug-likeness (QED) is 0.589. The average Bonchev–Trinajstić information content (AvgIpc) is 2.91. The van der Waals surface area contributed by atoms with Crippen molar-refractivity contribution < 1.29 is 14.4 Å². The second kappa shape index (κ2) is 5.78. The molecule has 2 aliphatic heterocycles. The van der Waals surface area contributed by atoms with Gasteiger partial charge in [0.2, 0.25) is 5.91 Å². The summed E-state index contributed by atoms with van der Waals surface area (Å²) < 4.78 is 0. The molecule has 0 aromatic carbocycles. The molecule has 0 bridgehead atoms. The van der Waals surface area contributed by atoms with Gasteiger partial charge in [-0.25, -0.2) is 4.79 Å². The summed E-state index contributed by atoms with van der Waals surface area (Å²) in [5.41, 5.74) is -0.838. The molecule has 7 heteroatoms. The van der Waals surface area contributed by atoms with Crippen molar-refractivity contribution in [2.24, 2.45) is 5.92 Å². The van der Waals surface area contributed by atoms with Gasteiger partial charge in [0.05, 0.1) is 0 Å². The predicted octanol–water partition coefficient (Wildman–Crippen LogP) is -0.567. The van der Waals surface area contributed by atoms with E-state index in [4.69, 9.17) is 0 Å². The van der Waals surface area contributed by atoms with Gasteiger partial charge in [-0.05, 0) is 25.3 Å². The number of imide groups is 1. The zero-order valence-electron chi connectivity index (χ0n) is 12.0. The van der Waals surface area contributed by atoms with E-state index in [0.29, 0.717) is 32.0 Å². The Morgan fingerprint density at radius 2 is 2.20 bits per heavy atom. The molecule has 0 aromatic heterocycles. The van der Waals surface area contributed by atoms with E-state index in [2.05, 4.69) is 29.8 Å². The minimum Gasteiger partial charge on any atom is -0.355 e. The lowest BCUT2D eigenvalue weighted by Gasteiger charge is -2.19. The van der Waals surface area contributed by atoms with Gasteiger partial charge in [-0.2, -0.15) is 0 Å². The molecule has 20 heavy (non-hydrogen) atoms. The number of urea groups is 1. The number of carbonyl (C=O) groups excluding carboxylic acids is 3. The number of amides is 4. The zero-order valence-corrected chi connectivity index (χ0v) is 12.0. The molecule has 1 spiro atoms. The molecule has 2 aliphatic rings. The van der Waals surface area contributed by atoms with Crippen LogP contribution in [0.25, 0.3) is 0 Å². The van der Waals surface area contributed by atoms with E-state index in [-0.39, 0.29) is 18.4 Å². The van der Waals surface area contributed by atoms with Gasteiger partial charge in [0.25, 0.3) is 5.91 Å². The highest BCUT2D eigenvalue weighted by atomic mass is 16.2. The standard InChI is InChI=1S/C13H22N4O3/c1-9(2)3-5-15-10(18)7-17-11(19)13(16-12(17)20)4-6-14-8-13/h9,14H,3-8H2,1-2H3,(H,15,18)(H,16,20). The van der Waals surface area contributed by atoms with Crippen LogP contribution in [0.15, 0.2) is 0 Å². The van der Waals surface area contributed by atoms with Gasteiger partial charge in [-0.1, -0.05) is 13.8 Å². The summed E-state index contributed by atoms with van der Waals surface area (Å²) in [7, 11) is 0. The van der Waals surface area contributed by atoms with Gasteiger partial charge in [0, 0.05) is 13.1 Å². The Labute approximate surface area is 118 Å². The van der Waals surface area contributed by atoms with E-state index in [9.17, 15) is 14.4 Å². The van der Waals surface area contributed by atoms with Crippen molar-refractivity contribution in [1.82, 2.24) is 20.9 Å². The Morgan fingerprint density at radius 3 is 2.80 bits per heavy atom. The lowest BCUT2D eigenvalue weighted by atomic mass is 9.99. The normalized spacial score (nSPS) is 25.6. The van der Waals surface area contributed by atoms with Gasteiger partial charge < -0.3 is 16.0 Å². The molecule has 1 unspecified atom stereocenters. The van der Waals surface area contributed by atoms with Gasteiger partial charge in [0.1, 0.15) is 12.1 Å². The first-order valence-corrected chi connectivity index (χ1v) is 7.06. The Balaban J connectivity index is 1.88. The summed E-state index contributed by atoms with van der Waals surface area (Å²) in [5.74, 6) is -0.0940. The van der Waals surface area contributed by atoms with E-state index >= 15 is 0 Å². The van der Waals surface area contributed by atoms with Gasteiger partial charge in [-0.3, -0.25) is 14.5 Å². The highest BCUT2D eigenvalue weighted by Gasteiger charge is 2.52. The SMILES string of the molecule is CC(C)CCNC(=O)CN1C(=O)NC2(CCNC2)C1=O. The molecule has 0 radical (unpaired) electrons. The molecule has 4 amide bonds. The van der Waals surface area contributed by atoms with E-state index in [0.717, 1.165) is 11.3 Å². The van der Waals surface area contributed by atoms with Crippen LogP contribution in [-0.2, 0) is 9.59 Å². The molecule has 2 rings (SSSR count). The average molecular weight is 282 g/mol. The Hall–Kier alpha value is -1.63. The molecule has 3 N–H and O–H groups in total. The number of hydrogen-bond donors (Lipinski definition) is 3. The third kappa shape index (κ3) is 2.92. The van der Waals surface area contributed by atoms with E-state index in [1.807, 2.05) is 0 Å². The number of carbonyl (C=O) groups is 3. The van der Waals surface area contributed by atoms with Crippen LogP contribution in [0.4, 0.5) is 4.79 Å². The second-order valence-electron chi connectivity index (χ2n) is 5.86. The molecule has 0 aliphatic carbocycles. The lowest BCUT2D eigenvalue weighted by molar-refractivity contribution is -0.134. The molecule has 2 fully saturated rings. The fourth-order valence-corrected chi connectivity index (χ4v) is 2.50. The van der Waals surface area contributed by atoms with Gasteiger partial charge >= 0.3 is 6.03 Å². The van der Waals surface area contributed by atoms with Gasteiger partial charge in [0.15, 0.2) is 0 Å². The van der Waals surface area contributed by atoms with Crippen molar-refractivity contribution in [3.63, 3.8) is 0 Å². The monoisotopic (exact) mass is 282 g/mol. The van der Waals surface area contributed by atoms with Crippen LogP contribution in [-0.4, -0.2) is 54.5 Å². The molecule has 2 saturated heterocycles. The Bertz CT molecular complexity index is 416. The summed E-state index contributed by atoms with van der Waals surface area (Å²) in [5, 5.41) is 8.50. The molecular formula is C13H22N4O3. The van der Waals surface area contributed by atoms with Crippen LogP contribution in [0, 0.1) is 5.92 Å². The van der Waals surface area contributed by atoms with Crippen molar-refractivity contribution in [3.05, 3.63) is 0 Å². The fraction of sp³-hybridized carbons (Fsp3) is 0.769. The van der Waals surface area contributed by atoms with Crippen molar-refractivity contribution >= 4 is 17.8 Å². The minimum absolute atomic E-state index is 0.204. The molecule has 7 nitrogen and oxygen atoms in total. The fourth-order valence-electron chi connectivity index (χ4n) is 2.50. The van der Waals surface area contributed by atoms with Crippen molar-refractivity contribution in [3.8, 4) is 0 Å². The molecule has 0 saturated carbocycles.